The molecule has 0 spiro atoms. The molecule has 0 aliphatic rings. The highest BCUT2D eigenvalue weighted by molar-refractivity contribution is 5.75. The van der Waals surface area contributed by atoms with Crippen molar-refractivity contribution in [3.8, 4) is 0 Å². The molecule has 0 saturated heterocycles. The van der Waals surface area contributed by atoms with Crippen molar-refractivity contribution in [2.75, 3.05) is 0 Å². The number of rotatable bonds is 6. The maximum atomic E-state index is 12.9. The van der Waals surface area contributed by atoms with Crippen molar-refractivity contribution in [1.29, 1.82) is 0 Å². The smallest absolute Gasteiger partial charge is 0.416 e. The number of nitrogens with one attached hydrogen (secondary N) is 1. The minimum Gasteiger partial charge on any atom is -0.461 e. The quantitative estimate of drug-likeness (QED) is 0.767. The standard InChI is InChI=1S/C18H17F3N2O3/c19-18(20,21)14-9-5-4-8-13(14)11-26-16(24)10-15(23-17(22)25)12-6-2-1-3-7-12/h1-9,15H,10-11H2,(H3,22,23,25)/t15-/m1/s1. The maximum absolute atomic E-state index is 12.9. The topological polar surface area (TPSA) is 81.4 Å². The minimum absolute atomic E-state index is 0.146. The summed E-state index contributed by atoms with van der Waals surface area (Å²) in [5.41, 5.74) is 4.73. The number of hydrogen-bond acceptors (Lipinski definition) is 3. The summed E-state index contributed by atoms with van der Waals surface area (Å²) < 4.78 is 43.8. The first-order chi connectivity index (χ1) is 12.3. The molecule has 3 N–H and O–H groups in total. The summed E-state index contributed by atoms with van der Waals surface area (Å²) >= 11 is 0. The number of primary amides is 1. The van der Waals surface area contributed by atoms with Crippen LogP contribution in [0.25, 0.3) is 0 Å². The molecule has 8 heteroatoms. The van der Waals surface area contributed by atoms with Gasteiger partial charge in [-0.05, 0) is 11.6 Å². The van der Waals surface area contributed by atoms with Crippen LogP contribution in [0.2, 0.25) is 0 Å². The predicted molar refractivity (Wildman–Crippen MR) is 87.8 cm³/mol. The van der Waals surface area contributed by atoms with Gasteiger partial charge in [0, 0.05) is 5.56 Å². The lowest BCUT2D eigenvalue weighted by Crippen LogP contribution is -2.34. The summed E-state index contributed by atoms with van der Waals surface area (Å²) in [4.78, 5) is 23.2. The largest absolute Gasteiger partial charge is 0.461 e. The molecule has 0 aromatic heterocycles. The Morgan fingerprint density at radius 1 is 1.04 bits per heavy atom. The average Bonchev–Trinajstić information content (AvgIpc) is 2.59. The maximum Gasteiger partial charge on any atom is 0.416 e. The zero-order chi connectivity index (χ0) is 19.2. The number of amides is 2. The van der Waals surface area contributed by atoms with Crippen molar-refractivity contribution >= 4 is 12.0 Å². The lowest BCUT2D eigenvalue weighted by atomic mass is 10.0. The van der Waals surface area contributed by atoms with Crippen LogP contribution in [0.4, 0.5) is 18.0 Å². The Bertz CT molecular complexity index is 764. The fourth-order valence-corrected chi connectivity index (χ4v) is 2.42. The van der Waals surface area contributed by atoms with E-state index in [1.54, 1.807) is 30.3 Å². The van der Waals surface area contributed by atoms with Crippen LogP contribution in [0.5, 0.6) is 0 Å². The third kappa shape index (κ3) is 5.51. The van der Waals surface area contributed by atoms with E-state index in [9.17, 15) is 22.8 Å². The molecule has 138 valence electrons. The lowest BCUT2D eigenvalue weighted by Gasteiger charge is -2.18. The van der Waals surface area contributed by atoms with E-state index < -0.39 is 36.4 Å². The van der Waals surface area contributed by atoms with Gasteiger partial charge in [0.15, 0.2) is 0 Å². The van der Waals surface area contributed by atoms with Gasteiger partial charge in [0.25, 0.3) is 0 Å². The second kappa shape index (κ2) is 8.37. The Balaban J connectivity index is 2.04. The number of esters is 1. The van der Waals surface area contributed by atoms with Crippen LogP contribution in [0, 0.1) is 0 Å². The molecule has 0 radical (unpaired) electrons. The normalized spacial score (nSPS) is 12.3. The number of ether oxygens (including phenoxy) is 1. The van der Waals surface area contributed by atoms with Gasteiger partial charge in [-0.2, -0.15) is 13.2 Å². The van der Waals surface area contributed by atoms with E-state index in [1.165, 1.54) is 18.2 Å². The monoisotopic (exact) mass is 366 g/mol. The van der Waals surface area contributed by atoms with Gasteiger partial charge in [0.2, 0.25) is 0 Å². The molecule has 2 aromatic carbocycles. The summed E-state index contributed by atoms with van der Waals surface area (Å²) in [6, 6.07) is 11.9. The highest BCUT2D eigenvalue weighted by atomic mass is 19.4. The molecular formula is C18H17F3N2O3. The van der Waals surface area contributed by atoms with Gasteiger partial charge in [-0.15, -0.1) is 0 Å². The first-order valence-electron chi connectivity index (χ1n) is 7.69. The SMILES string of the molecule is NC(=O)N[C@H](CC(=O)OCc1ccccc1C(F)(F)F)c1ccccc1. The van der Waals surface area contributed by atoms with Gasteiger partial charge in [-0.3, -0.25) is 4.79 Å². The van der Waals surface area contributed by atoms with E-state index >= 15 is 0 Å². The molecule has 0 saturated carbocycles. The molecule has 0 bridgehead atoms. The summed E-state index contributed by atoms with van der Waals surface area (Å²) in [6.07, 6.45) is -4.80. The van der Waals surface area contributed by atoms with Crippen LogP contribution in [0.15, 0.2) is 54.6 Å². The third-order valence-electron chi connectivity index (χ3n) is 3.60. The summed E-state index contributed by atoms with van der Waals surface area (Å²) in [6.45, 7) is -0.521. The van der Waals surface area contributed by atoms with E-state index in [0.717, 1.165) is 6.07 Å². The Labute approximate surface area is 148 Å². The van der Waals surface area contributed by atoms with Crippen molar-refractivity contribution in [2.45, 2.75) is 25.2 Å². The van der Waals surface area contributed by atoms with Crippen molar-refractivity contribution in [3.63, 3.8) is 0 Å². The number of carbonyl (C=O) groups excluding carboxylic acids is 2. The highest BCUT2D eigenvalue weighted by Crippen LogP contribution is 2.32. The number of alkyl halides is 3. The number of nitrogens with two attached hydrogens (primary N) is 1. The van der Waals surface area contributed by atoms with Crippen LogP contribution in [-0.2, 0) is 22.3 Å². The molecule has 5 nitrogen and oxygen atoms in total. The van der Waals surface area contributed by atoms with E-state index in [-0.39, 0.29) is 12.0 Å². The zero-order valence-electron chi connectivity index (χ0n) is 13.6. The minimum atomic E-state index is -4.54. The Hall–Kier alpha value is -3.03. The summed E-state index contributed by atoms with van der Waals surface area (Å²) in [7, 11) is 0. The first-order valence-corrected chi connectivity index (χ1v) is 7.69. The molecule has 2 rings (SSSR count). The molecule has 0 fully saturated rings. The van der Waals surface area contributed by atoms with E-state index in [1.807, 2.05) is 0 Å². The van der Waals surface area contributed by atoms with Crippen molar-refractivity contribution in [3.05, 3.63) is 71.3 Å². The first kappa shape index (κ1) is 19.3. The molecule has 2 amide bonds. The van der Waals surface area contributed by atoms with Gasteiger partial charge in [-0.1, -0.05) is 48.5 Å². The Morgan fingerprint density at radius 2 is 1.65 bits per heavy atom. The van der Waals surface area contributed by atoms with Gasteiger partial charge >= 0.3 is 18.2 Å². The molecule has 0 aliphatic carbocycles. The zero-order valence-corrected chi connectivity index (χ0v) is 13.6. The number of halogens is 3. The van der Waals surface area contributed by atoms with E-state index in [4.69, 9.17) is 10.5 Å². The predicted octanol–water partition coefficient (Wildman–Crippen LogP) is 3.55. The third-order valence-corrected chi connectivity index (χ3v) is 3.60. The molecular weight excluding hydrogens is 349 g/mol. The second-order valence-corrected chi connectivity index (χ2v) is 5.49. The van der Waals surface area contributed by atoms with E-state index in [0.29, 0.717) is 5.56 Å². The van der Waals surface area contributed by atoms with Crippen molar-refractivity contribution < 1.29 is 27.5 Å². The van der Waals surface area contributed by atoms with Crippen LogP contribution in [-0.4, -0.2) is 12.0 Å². The highest BCUT2D eigenvalue weighted by Gasteiger charge is 2.33. The molecule has 0 aliphatic heterocycles. The van der Waals surface area contributed by atoms with Crippen LogP contribution < -0.4 is 11.1 Å². The number of urea groups is 1. The second-order valence-electron chi connectivity index (χ2n) is 5.49. The van der Waals surface area contributed by atoms with Crippen LogP contribution in [0.3, 0.4) is 0 Å². The molecule has 0 heterocycles. The molecule has 0 unspecified atom stereocenters. The summed E-state index contributed by atoms with van der Waals surface area (Å²) in [5, 5.41) is 2.42. The molecule has 26 heavy (non-hydrogen) atoms. The molecule has 2 aromatic rings. The Morgan fingerprint density at radius 3 is 2.27 bits per heavy atom. The fraction of sp³-hybridized carbons (Fsp3) is 0.222. The number of carbonyl (C=O) groups is 2. The average molecular weight is 366 g/mol. The number of benzene rings is 2. The summed E-state index contributed by atoms with van der Waals surface area (Å²) in [5.74, 6) is -0.760. The fourth-order valence-electron chi connectivity index (χ4n) is 2.42. The van der Waals surface area contributed by atoms with Crippen LogP contribution in [0.1, 0.15) is 29.2 Å². The van der Waals surface area contributed by atoms with Gasteiger partial charge in [0.05, 0.1) is 18.0 Å². The van der Waals surface area contributed by atoms with Crippen LogP contribution >= 0.6 is 0 Å². The van der Waals surface area contributed by atoms with Gasteiger partial charge in [0.1, 0.15) is 6.61 Å². The molecule has 1 atom stereocenters. The Kier molecular flexibility index (Phi) is 6.21. The van der Waals surface area contributed by atoms with Gasteiger partial charge < -0.3 is 15.8 Å². The van der Waals surface area contributed by atoms with Crippen molar-refractivity contribution in [1.82, 2.24) is 5.32 Å². The van der Waals surface area contributed by atoms with E-state index in [2.05, 4.69) is 5.32 Å². The lowest BCUT2D eigenvalue weighted by molar-refractivity contribution is -0.148. The van der Waals surface area contributed by atoms with Crippen molar-refractivity contribution in [2.24, 2.45) is 5.73 Å². The van der Waals surface area contributed by atoms with Gasteiger partial charge in [-0.25, -0.2) is 4.79 Å². The number of hydrogen-bond donors (Lipinski definition) is 2.